The van der Waals surface area contributed by atoms with Gasteiger partial charge in [0.25, 0.3) is 0 Å². The predicted molar refractivity (Wildman–Crippen MR) is 109 cm³/mol. The molecule has 0 saturated carbocycles. The normalized spacial score (nSPS) is 10.7. The summed E-state index contributed by atoms with van der Waals surface area (Å²) in [5.41, 5.74) is 3.01. The third-order valence-electron chi connectivity index (χ3n) is 4.47. The first-order valence-corrected chi connectivity index (χ1v) is 9.28. The van der Waals surface area contributed by atoms with Crippen molar-refractivity contribution >= 4 is 40.0 Å². The van der Waals surface area contributed by atoms with E-state index in [-0.39, 0.29) is 18.2 Å². The lowest BCUT2D eigenvalue weighted by molar-refractivity contribution is -0.121. The third kappa shape index (κ3) is 4.89. The molecular formula is C21H22ClN3O2. The monoisotopic (exact) mass is 383 g/mol. The molecule has 1 heterocycles. The zero-order valence-corrected chi connectivity index (χ0v) is 15.9. The van der Waals surface area contributed by atoms with Crippen LogP contribution in [0, 0.1) is 0 Å². The van der Waals surface area contributed by atoms with Crippen molar-refractivity contribution in [3.8, 4) is 0 Å². The molecule has 2 aromatic carbocycles. The average molecular weight is 384 g/mol. The highest BCUT2D eigenvalue weighted by atomic mass is 35.5. The standard InChI is InChI=1S/C21H22ClN3O2/c1-15(26)25(18-8-6-17(22)7-9-18)13-11-21(27)23-12-10-16-14-24-20-5-3-2-4-19(16)20/h2-9,14,24H,10-13H2,1H3,(H,23,27). The van der Waals surface area contributed by atoms with Crippen LogP contribution in [0.2, 0.25) is 5.02 Å². The molecule has 5 nitrogen and oxygen atoms in total. The van der Waals surface area contributed by atoms with Crippen LogP contribution in [0.4, 0.5) is 5.69 Å². The number of hydrogen-bond acceptors (Lipinski definition) is 2. The number of nitrogens with zero attached hydrogens (tertiary/aromatic N) is 1. The van der Waals surface area contributed by atoms with E-state index in [9.17, 15) is 9.59 Å². The number of fused-ring (bicyclic) bond motifs is 1. The molecule has 6 heteroatoms. The molecule has 0 atom stereocenters. The van der Waals surface area contributed by atoms with Crippen molar-refractivity contribution in [1.29, 1.82) is 0 Å². The van der Waals surface area contributed by atoms with Crippen LogP contribution in [-0.4, -0.2) is 29.9 Å². The van der Waals surface area contributed by atoms with Gasteiger partial charge < -0.3 is 15.2 Å². The number of para-hydroxylation sites is 1. The van der Waals surface area contributed by atoms with Gasteiger partial charge in [0.05, 0.1) is 0 Å². The van der Waals surface area contributed by atoms with Crippen molar-refractivity contribution in [2.45, 2.75) is 19.8 Å². The van der Waals surface area contributed by atoms with E-state index >= 15 is 0 Å². The fourth-order valence-corrected chi connectivity index (χ4v) is 3.19. The summed E-state index contributed by atoms with van der Waals surface area (Å²) < 4.78 is 0. The molecule has 27 heavy (non-hydrogen) atoms. The van der Waals surface area contributed by atoms with Crippen LogP contribution in [0.3, 0.4) is 0 Å². The van der Waals surface area contributed by atoms with Gasteiger partial charge in [-0.05, 0) is 42.3 Å². The number of rotatable bonds is 7. The Hall–Kier alpha value is -2.79. The number of aromatic amines is 1. The summed E-state index contributed by atoms with van der Waals surface area (Å²) in [6, 6.07) is 15.1. The number of halogens is 1. The molecule has 3 aromatic rings. The van der Waals surface area contributed by atoms with E-state index in [0.717, 1.165) is 17.6 Å². The molecule has 0 fully saturated rings. The molecule has 0 aliphatic rings. The van der Waals surface area contributed by atoms with Gasteiger partial charge in [-0.2, -0.15) is 0 Å². The Morgan fingerprint density at radius 2 is 1.85 bits per heavy atom. The third-order valence-corrected chi connectivity index (χ3v) is 4.72. The molecule has 0 aliphatic heterocycles. The van der Waals surface area contributed by atoms with Crippen molar-refractivity contribution in [2.24, 2.45) is 0 Å². The van der Waals surface area contributed by atoms with E-state index in [4.69, 9.17) is 11.6 Å². The summed E-state index contributed by atoms with van der Waals surface area (Å²) in [5.74, 6) is -0.182. The zero-order valence-electron chi connectivity index (χ0n) is 15.2. The minimum absolute atomic E-state index is 0.0740. The van der Waals surface area contributed by atoms with Gasteiger partial charge in [-0.25, -0.2) is 0 Å². The van der Waals surface area contributed by atoms with Gasteiger partial charge in [-0.15, -0.1) is 0 Å². The first kappa shape index (κ1) is 19.0. The fourth-order valence-electron chi connectivity index (χ4n) is 3.07. The SMILES string of the molecule is CC(=O)N(CCC(=O)NCCc1c[nH]c2ccccc12)c1ccc(Cl)cc1. The molecule has 0 bridgehead atoms. The van der Waals surface area contributed by atoms with Crippen molar-refractivity contribution in [2.75, 3.05) is 18.0 Å². The maximum absolute atomic E-state index is 12.2. The van der Waals surface area contributed by atoms with Crippen LogP contribution >= 0.6 is 11.6 Å². The van der Waals surface area contributed by atoms with Crippen LogP contribution in [0.1, 0.15) is 18.9 Å². The van der Waals surface area contributed by atoms with Crippen LogP contribution in [0.15, 0.2) is 54.7 Å². The lowest BCUT2D eigenvalue weighted by Gasteiger charge is -2.21. The van der Waals surface area contributed by atoms with Gasteiger partial charge in [0.2, 0.25) is 11.8 Å². The lowest BCUT2D eigenvalue weighted by Crippen LogP contribution is -2.34. The fraction of sp³-hybridized carbons (Fsp3) is 0.238. The second-order valence-electron chi connectivity index (χ2n) is 6.36. The summed E-state index contributed by atoms with van der Waals surface area (Å²) in [5, 5.41) is 4.72. The maximum atomic E-state index is 12.2. The van der Waals surface area contributed by atoms with Crippen LogP contribution in [0.5, 0.6) is 0 Å². The molecule has 140 valence electrons. The molecule has 0 spiro atoms. The van der Waals surface area contributed by atoms with E-state index in [1.54, 1.807) is 29.2 Å². The highest BCUT2D eigenvalue weighted by Crippen LogP contribution is 2.19. The number of carbonyl (C=O) groups is 2. The Balaban J connectivity index is 1.49. The largest absolute Gasteiger partial charge is 0.361 e. The molecule has 2 N–H and O–H groups in total. The van der Waals surface area contributed by atoms with E-state index in [1.807, 2.05) is 24.4 Å². The van der Waals surface area contributed by atoms with Crippen LogP contribution in [-0.2, 0) is 16.0 Å². The molecule has 3 rings (SSSR count). The van der Waals surface area contributed by atoms with Crippen molar-refractivity contribution in [1.82, 2.24) is 10.3 Å². The molecule has 0 radical (unpaired) electrons. The summed E-state index contributed by atoms with van der Waals surface area (Å²) in [4.78, 5) is 28.9. The maximum Gasteiger partial charge on any atom is 0.223 e. The number of hydrogen-bond donors (Lipinski definition) is 2. The Kier molecular flexibility index (Phi) is 6.14. The Morgan fingerprint density at radius 3 is 2.59 bits per heavy atom. The summed E-state index contributed by atoms with van der Waals surface area (Å²) in [7, 11) is 0. The molecule has 2 amide bonds. The van der Waals surface area contributed by atoms with Gasteiger partial charge in [0.15, 0.2) is 0 Å². The number of carbonyl (C=O) groups excluding carboxylic acids is 2. The smallest absolute Gasteiger partial charge is 0.223 e. The van der Waals surface area contributed by atoms with Crippen molar-refractivity contribution in [3.05, 3.63) is 65.3 Å². The number of amides is 2. The molecular weight excluding hydrogens is 362 g/mol. The number of anilines is 1. The van der Waals surface area contributed by atoms with E-state index in [1.165, 1.54) is 17.9 Å². The molecule has 0 unspecified atom stereocenters. The van der Waals surface area contributed by atoms with Gasteiger partial charge in [-0.1, -0.05) is 29.8 Å². The Morgan fingerprint density at radius 1 is 1.11 bits per heavy atom. The second kappa shape index (κ2) is 8.73. The number of H-pyrrole nitrogens is 1. The number of benzene rings is 2. The second-order valence-corrected chi connectivity index (χ2v) is 6.79. The minimum atomic E-state index is -0.107. The number of aromatic nitrogens is 1. The lowest BCUT2D eigenvalue weighted by atomic mass is 10.1. The van der Waals surface area contributed by atoms with Crippen molar-refractivity contribution < 1.29 is 9.59 Å². The average Bonchev–Trinajstić information content (AvgIpc) is 3.06. The highest BCUT2D eigenvalue weighted by molar-refractivity contribution is 6.30. The Bertz CT molecular complexity index is 934. The van der Waals surface area contributed by atoms with Crippen LogP contribution in [0.25, 0.3) is 10.9 Å². The minimum Gasteiger partial charge on any atom is -0.361 e. The van der Waals surface area contributed by atoms with Gasteiger partial charge in [-0.3, -0.25) is 9.59 Å². The first-order chi connectivity index (χ1) is 13.0. The van der Waals surface area contributed by atoms with Gasteiger partial charge in [0, 0.05) is 54.2 Å². The summed E-state index contributed by atoms with van der Waals surface area (Å²) in [6.07, 6.45) is 2.98. The van der Waals surface area contributed by atoms with Gasteiger partial charge in [0.1, 0.15) is 0 Å². The quantitative estimate of drug-likeness (QED) is 0.649. The summed E-state index contributed by atoms with van der Waals surface area (Å²) >= 11 is 5.89. The van der Waals surface area contributed by atoms with Crippen LogP contribution < -0.4 is 10.2 Å². The van der Waals surface area contributed by atoms with E-state index in [0.29, 0.717) is 18.1 Å². The predicted octanol–water partition coefficient (Wildman–Crippen LogP) is 3.92. The number of nitrogens with one attached hydrogen (secondary N) is 2. The Labute approximate surface area is 163 Å². The topological polar surface area (TPSA) is 65.2 Å². The van der Waals surface area contributed by atoms with E-state index < -0.39 is 0 Å². The van der Waals surface area contributed by atoms with E-state index in [2.05, 4.69) is 16.4 Å². The molecule has 0 aliphatic carbocycles. The molecule has 0 saturated heterocycles. The summed E-state index contributed by atoms with van der Waals surface area (Å²) in [6.45, 7) is 2.38. The zero-order chi connectivity index (χ0) is 19.2. The first-order valence-electron chi connectivity index (χ1n) is 8.90. The highest BCUT2D eigenvalue weighted by Gasteiger charge is 2.13. The van der Waals surface area contributed by atoms with Gasteiger partial charge >= 0.3 is 0 Å². The molecule has 1 aromatic heterocycles. The van der Waals surface area contributed by atoms with Crippen molar-refractivity contribution in [3.63, 3.8) is 0 Å².